The molecule has 0 spiro atoms. The Kier molecular flexibility index (Phi) is 7.45. The van der Waals surface area contributed by atoms with Gasteiger partial charge in [-0.3, -0.25) is 10.1 Å². The molecule has 1 aliphatic heterocycles. The van der Waals surface area contributed by atoms with Crippen molar-refractivity contribution in [2.75, 3.05) is 18.7 Å². The molecule has 1 heterocycles. The van der Waals surface area contributed by atoms with E-state index in [0.717, 1.165) is 0 Å². The van der Waals surface area contributed by atoms with E-state index < -0.39 is 28.3 Å². The molecule has 36 heavy (non-hydrogen) atoms. The molecule has 0 aliphatic carbocycles. The number of rotatable bonds is 9. The van der Waals surface area contributed by atoms with E-state index in [1.807, 2.05) is 0 Å². The van der Waals surface area contributed by atoms with Gasteiger partial charge < -0.3 is 24.6 Å². The summed E-state index contributed by atoms with van der Waals surface area (Å²) < 4.78 is 38.5. The van der Waals surface area contributed by atoms with Crippen molar-refractivity contribution >= 4 is 21.6 Å². The Morgan fingerprint density at radius 2 is 1.75 bits per heavy atom. The van der Waals surface area contributed by atoms with Gasteiger partial charge in [0.1, 0.15) is 5.75 Å². The number of aryl methyl sites for hydroxylation is 1. The smallest absolute Gasteiger partial charge is 0.244 e. The number of aliphatic hydroxyl groups excluding tert-OH is 1. The van der Waals surface area contributed by atoms with Gasteiger partial charge in [0.15, 0.2) is 17.9 Å². The van der Waals surface area contributed by atoms with Gasteiger partial charge in [0.2, 0.25) is 22.7 Å². The van der Waals surface area contributed by atoms with E-state index >= 15 is 0 Å². The Morgan fingerprint density at radius 1 is 1.06 bits per heavy atom. The van der Waals surface area contributed by atoms with Crippen LogP contribution in [0.25, 0.3) is 0 Å². The first-order chi connectivity index (χ1) is 17.1. The normalized spacial score (nSPS) is 14.3. The largest absolute Gasteiger partial charge is 0.508 e. The number of anilines is 1. The molecule has 2 atom stereocenters. The molecular formula is C25H27N3O7S. The lowest BCUT2D eigenvalue weighted by Gasteiger charge is -2.27. The molecule has 0 saturated heterocycles. The SMILES string of the molecule is Cc1ccccc1S(=O)(=O)NC(O)N[C@@H](Cc1ccc(O)cc1)C(=O)N(C)c1ccc2c(c1)OCO2. The number of phenolic OH excluding ortho intramolecular Hbond substituents is 1. The van der Waals surface area contributed by atoms with Crippen LogP contribution in [0.2, 0.25) is 0 Å². The van der Waals surface area contributed by atoms with Gasteiger partial charge in [0, 0.05) is 18.8 Å². The van der Waals surface area contributed by atoms with Crippen molar-refractivity contribution in [2.24, 2.45) is 0 Å². The fraction of sp³-hybridized carbons (Fsp3) is 0.240. The predicted molar refractivity (Wildman–Crippen MR) is 132 cm³/mol. The van der Waals surface area contributed by atoms with Crippen LogP contribution in [0.15, 0.2) is 71.6 Å². The number of amides is 1. The summed E-state index contributed by atoms with van der Waals surface area (Å²) in [6.45, 7) is 1.74. The summed E-state index contributed by atoms with van der Waals surface area (Å²) in [5.74, 6) is 0.704. The number of carbonyl (C=O) groups excluding carboxylic acids is 1. The molecule has 190 valence electrons. The van der Waals surface area contributed by atoms with Crippen molar-refractivity contribution in [1.29, 1.82) is 0 Å². The Bertz CT molecular complexity index is 1350. The molecule has 4 N–H and O–H groups in total. The highest BCUT2D eigenvalue weighted by Crippen LogP contribution is 2.35. The van der Waals surface area contributed by atoms with Crippen LogP contribution < -0.4 is 24.4 Å². The van der Waals surface area contributed by atoms with Crippen LogP contribution in [0.5, 0.6) is 17.2 Å². The summed E-state index contributed by atoms with van der Waals surface area (Å²) in [5.41, 5.74) is 1.72. The molecule has 0 fully saturated rings. The Hall–Kier alpha value is -3.64. The van der Waals surface area contributed by atoms with Crippen molar-refractivity contribution in [3.05, 3.63) is 77.9 Å². The third-order valence-corrected chi connectivity index (χ3v) is 7.33. The second-order valence-electron chi connectivity index (χ2n) is 8.31. The van der Waals surface area contributed by atoms with Crippen LogP contribution in [0.1, 0.15) is 11.1 Å². The minimum atomic E-state index is -4.07. The second kappa shape index (κ2) is 10.5. The molecule has 1 amide bonds. The zero-order valence-electron chi connectivity index (χ0n) is 19.7. The number of aliphatic hydroxyl groups is 1. The van der Waals surface area contributed by atoms with Crippen LogP contribution in [0.4, 0.5) is 5.69 Å². The highest BCUT2D eigenvalue weighted by atomic mass is 32.2. The molecule has 0 saturated carbocycles. The van der Waals surface area contributed by atoms with E-state index in [-0.39, 0.29) is 23.9 Å². The van der Waals surface area contributed by atoms with E-state index in [4.69, 9.17) is 9.47 Å². The summed E-state index contributed by atoms with van der Waals surface area (Å²) in [6.07, 6.45) is -1.65. The number of aromatic hydroxyl groups is 1. The number of phenols is 1. The zero-order valence-corrected chi connectivity index (χ0v) is 20.5. The van der Waals surface area contributed by atoms with Crippen molar-refractivity contribution < 1.29 is 32.9 Å². The Morgan fingerprint density at radius 3 is 2.47 bits per heavy atom. The lowest BCUT2D eigenvalue weighted by molar-refractivity contribution is -0.121. The number of hydrogen-bond donors (Lipinski definition) is 4. The predicted octanol–water partition coefficient (Wildman–Crippen LogP) is 1.85. The summed E-state index contributed by atoms with van der Waals surface area (Å²) in [6, 6.07) is 16.6. The number of sulfonamides is 1. The van der Waals surface area contributed by atoms with E-state index in [9.17, 15) is 23.4 Å². The molecular weight excluding hydrogens is 486 g/mol. The number of carbonyl (C=O) groups is 1. The monoisotopic (exact) mass is 513 g/mol. The number of ether oxygens (including phenoxy) is 2. The quantitative estimate of drug-likeness (QED) is 0.318. The van der Waals surface area contributed by atoms with Gasteiger partial charge in [0.05, 0.1) is 10.9 Å². The fourth-order valence-electron chi connectivity index (χ4n) is 3.83. The van der Waals surface area contributed by atoms with E-state index in [1.54, 1.807) is 62.5 Å². The molecule has 0 bridgehead atoms. The van der Waals surface area contributed by atoms with E-state index in [2.05, 4.69) is 10.0 Å². The Balaban J connectivity index is 1.55. The average molecular weight is 514 g/mol. The average Bonchev–Trinajstić information content (AvgIpc) is 3.32. The topological polar surface area (TPSA) is 137 Å². The van der Waals surface area contributed by atoms with E-state index in [1.165, 1.54) is 23.1 Å². The van der Waals surface area contributed by atoms with Crippen LogP contribution in [-0.2, 0) is 21.2 Å². The summed E-state index contributed by atoms with van der Waals surface area (Å²) in [4.78, 5) is 14.9. The second-order valence-corrected chi connectivity index (χ2v) is 10.00. The van der Waals surface area contributed by atoms with Crippen LogP contribution in [0, 0.1) is 6.92 Å². The highest BCUT2D eigenvalue weighted by Gasteiger charge is 2.29. The van der Waals surface area contributed by atoms with Crippen LogP contribution in [0.3, 0.4) is 0 Å². The maximum Gasteiger partial charge on any atom is 0.244 e. The molecule has 0 aromatic heterocycles. The van der Waals surface area contributed by atoms with Crippen LogP contribution in [-0.4, -0.2) is 50.8 Å². The highest BCUT2D eigenvalue weighted by molar-refractivity contribution is 7.89. The molecule has 4 rings (SSSR count). The van der Waals surface area contributed by atoms with Gasteiger partial charge in [-0.25, -0.2) is 8.42 Å². The van der Waals surface area contributed by atoms with Crippen molar-refractivity contribution in [2.45, 2.75) is 30.6 Å². The van der Waals surface area contributed by atoms with Gasteiger partial charge in [-0.2, -0.15) is 4.72 Å². The third-order valence-electron chi connectivity index (χ3n) is 5.76. The van der Waals surface area contributed by atoms with Crippen molar-refractivity contribution in [3.63, 3.8) is 0 Å². The molecule has 3 aromatic rings. The number of fused-ring (bicyclic) bond motifs is 1. The van der Waals surface area contributed by atoms with Crippen LogP contribution >= 0.6 is 0 Å². The standard InChI is InChI=1S/C25H27N3O7S/c1-16-5-3-4-6-23(16)36(32,33)27-25(31)26-20(13-17-7-10-19(29)11-8-17)24(30)28(2)18-9-12-21-22(14-18)35-15-34-21/h3-12,14,20,25-27,29,31H,13,15H2,1-2H3/t20-,25?/m0/s1. The number of likely N-dealkylation sites (N-methyl/N-ethyl adjacent to an activating group) is 1. The first kappa shape index (κ1) is 25.5. The maximum absolute atomic E-state index is 13.5. The third kappa shape index (κ3) is 5.77. The first-order valence-electron chi connectivity index (χ1n) is 11.1. The maximum atomic E-state index is 13.5. The Labute approximate surface area is 209 Å². The van der Waals surface area contributed by atoms with Gasteiger partial charge in [0.25, 0.3) is 0 Å². The van der Waals surface area contributed by atoms with Gasteiger partial charge in [-0.1, -0.05) is 30.3 Å². The van der Waals surface area contributed by atoms with Gasteiger partial charge >= 0.3 is 0 Å². The number of nitrogens with one attached hydrogen (secondary N) is 2. The number of nitrogens with zero attached hydrogens (tertiary/aromatic N) is 1. The molecule has 10 nitrogen and oxygen atoms in total. The molecule has 1 unspecified atom stereocenters. The lowest BCUT2D eigenvalue weighted by atomic mass is 10.0. The summed E-state index contributed by atoms with van der Waals surface area (Å²) in [7, 11) is -2.51. The van der Waals surface area contributed by atoms with Crippen molar-refractivity contribution in [1.82, 2.24) is 10.0 Å². The summed E-state index contributed by atoms with van der Waals surface area (Å²) in [5, 5.41) is 22.9. The minimum absolute atomic E-state index is 0.0183. The fourth-order valence-corrected chi connectivity index (χ4v) is 5.07. The molecule has 3 aromatic carbocycles. The summed E-state index contributed by atoms with van der Waals surface area (Å²) >= 11 is 0. The zero-order chi connectivity index (χ0) is 25.9. The van der Waals surface area contributed by atoms with Gasteiger partial charge in [-0.15, -0.1) is 0 Å². The number of benzene rings is 3. The number of hydrogen-bond acceptors (Lipinski definition) is 8. The molecule has 1 aliphatic rings. The molecule has 0 radical (unpaired) electrons. The van der Waals surface area contributed by atoms with E-state index in [0.29, 0.717) is 28.3 Å². The van der Waals surface area contributed by atoms with Crippen molar-refractivity contribution in [3.8, 4) is 17.2 Å². The van der Waals surface area contributed by atoms with Gasteiger partial charge in [-0.05, 0) is 54.8 Å². The lowest BCUT2D eigenvalue weighted by Crippen LogP contribution is -2.55. The molecule has 11 heteroatoms. The first-order valence-corrected chi connectivity index (χ1v) is 12.6. The minimum Gasteiger partial charge on any atom is -0.508 e.